The Labute approximate surface area is 156 Å². The van der Waals surface area contributed by atoms with Crippen LogP contribution < -0.4 is 5.32 Å². The molecule has 5 heteroatoms. The molecule has 2 atom stereocenters. The number of fused-ring (bicyclic) bond motifs is 2. The van der Waals surface area contributed by atoms with Gasteiger partial charge in [-0.2, -0.15) is 11.3 Å². The number of carbonyl (C=O) groups excluding carboxylic acids is 1. The van der Waals surface area contributed by atoms with Crippen LogP contribution in [-0.2, 0) is 0 Å². The van der Waals surface area contributed by atoms with Crippen molar-refractivity contribution in [3.05, 3.63) is 52.4 Å². The van der Waals surface area contributed by atoms with Crippen LogP contribution in [0.1, 0.15) is 47.5 Å². The summed E-state index contributed by atoms with van der Waals surface area (Å²) in [7, 11) is 0. The molecular formula is C21H22N2O2S. The second kappa shape index (κ2) is 6.56. The monoisotopic (exact) mass is 366 g/mol. The number of benzene rings is 1. The van der Waals surface area contributed by atoms with E-state index in [1.807, 2.05) is 35.2 Å². The van der Waals surface area contributed by atoms with Crippen LogP contribution in [0.15, 0.2) is 45.7 Å². The summed E-state index contributed by atoms with van der Waals surface area (Å²) < 4.78 is 5.82. The molecule has 2 unspecified atom stereocenters. The average molecular weight is 366 g/mol. The molecule has 2 fully saturated rings. The molecule has 2 aliphatic heterocycles. The number of rotatable bonds is 3. The molecular weight excluding hydrogens is 344 g/mol. The average Bonchev–Trinajstić information content (AvgIpc) is 3.40. The predicted molar refractivity (Wildman–Crippen MR) is 105 cm³/mol. The molecule has 3 aromatic rings. The molecule has 1 aromatic carbocycles. The number of nitrogens with one attached hydrogen (secondary N) is 1. The third-order valence-corrected chi connectivity index (χ3v) is 6.59. The molecule has 2 aromatic heterocycles. The lowest BCUT2D eigenvalue weighted by Crippen LogP contribution is -2.37. The quantitative estimate of drug-likeness (QED) is 0.702. The van der Waals surface area contributed by atoms with Crippen molar-refractivity contribution in [2.75, 3.05) is 18.4 Å². The van der Waals surface area contributed by atoms with Crippen LogP contribution in [0, 0.1) is 0 Å². The molecule has 0 spiro atoms. The topological polar surface area (TPSA) is 45.5 Å². The first kappa shape index (κ1) is 16.1. The highest BCUT2D eigenvalue weighted by Gasteiger charge is 2.33. The van der Waals surface area contributed by atoms with Crippen molar-refractivity contribution in [2.45, 2.75) is 37.6 Å². The SMILES string of the molecule is O=C(Nc1ccc2occ(C3CCN4CCCC4C3)c2c1)c1ccsc1. The zero-order valence-corrected chi connectivity index (χ0v) is 15.4. The summed E-state index contributed by atoms with van der Waals surface area (Å²) >= 11 is 1.53. The van der Waals surface area contributed by atoms with Gasteiger partial charge in [-0.25, -0.2) is 0 Å². The second-order valence-electron chi connectivity index (χ2n) is 7.42. The number of nitrogens with zero attached hydrogens (tertiary/aromatic N) is 1. The molecule has 2 aliphatic rings. The minimum atomic E-state index is -0.0603. The number of hydrogen-bond acceptors (Lipinski definition) is 4. The van der Waals surface area contributed by atoms with Crippen molar-refractivity contribution < 1.29 is 9.21 Å². The molecule has 4 heterocycles. The fourth-order valence-corrected chi connectivity index (χ4v) is 5.18. The molecule has 2 saturated heterocycles. The van der Waals surface area contributed by atoms with Crippen molar-refractivity contribution in [3.8, 4) is 0 Å². The van der Waals surface area contributed by atoms with Gasteiger partial charge in [0.2, 0.25) is 0 Å². The van der Waals surface area contributed by atoms with Gasteiger partial charge >= 0.3 is 0 Å². The summed E-state index contributed by atoms with van der Waals surface area (Å²) in [5.74, 6) is 0.494. The Morgan fingerprint density at radius 1 is 1.23 bits per heavy atom. The van der Waals surface area contributed by atoms with E-state index in [4.69, 9.17) is 4.42 Å². The first-order valence-corrected chi connectivity index (χ1v) is 10.3. The van der Waals surface area contributed by atoms with E-state index in [-0.39, 0.29) is 5.91 Å². The van der Waals surface area contributed by atoms with Crippen LogP contribution in [0.4, 0.5) is 5.69 Å². The van der Waals surface area contributed by atoms with Gasteiger partial charge in [0.25, 0.3) is 5.91 Å². The normalized spacial score (nSPS) is 23.2. The van der Waals surface area contributed by atoms with Crippen molar-refractivity contribution in [3.63, 3.8) is 0 Å². The number of carbonyl (C=O) groups is 1. The molecule has 0 bridgehead atoms. The van der Waals surface area contributed by atoms with Crippen LogP contribution in [-0.4, -0.2) is 29.9 Å². The highest BCUT2D eigenvalue weighted by atomic mass is 32.1. The molecule has 0 radical (unpaired) electrons. The van der Waals surface area contributed by atoms with Gasteiger partial charge in [-0.3, -0.25) is 4.79 Å². The third kappa shape index (κ3) is 2.85. The van der Waals surface area contributed by atoms with Crippen LogP contribution in [0.3, 0.4) is 0 Å². The minimum absolute atomic E-state index is 0.0603. The van der Waals surface area contributed by atoms with Gasteiger partial charge in [-0.05, 0) is 74.3 Å². The molecule has 26 heavy (non-hydrogen) atoms. The minimum Gasteiger partial charge on any atom is -0.464 e. The Morgan fingerprint density at radius 2 is 2.19 bits per heavy atom. The third-order valence-electron chi connectivity index (χ3n) is 5.90. The number of thiophene rings is 1. The number of piperidine rings is 1. The van der Waals surface area contributed by atoms with E-state index in [9.17, 15) is 4.79 Å². The number of amides is 1. The summed E-state index contributed by atoms with van der Waals surface area (Å²) in [6, 6.07) is 8.53. The molecule has 1 N–H and O–H groups in total. The fourth-order valence-electron chi connectivity index (χ4n) is 4.55. The van der Waals surface area contributed by atoms with Crippen molar-refractivity contribution in [1.29, 1.82) is 0 Å². The van der Waals surface area contributed by atoms with E-state index < -0.39 is 0 Å². The van der Waals surface area contributed by atoms with Crippen LogP contribution in [0.5, 0.6) is 0 Å². The summed E-state index contributed by atoms with van der Waals surface area (Å²) in [6.45, 7) is 2.46. The van der Waals surface area contributed by atoms with E-state index >= 15 is 0 Å². The van der Waals surface area contributed by atoms with Crippen molar-refractivity contribution in [2.24, 2.45) is 0 Å². The molecule has 0 aliphatic carbocycles. The van der Waals surface area contributed by atoms with E-state index in [0.717, 1.165) is 22.7 Å². The summed E-state index contributed by atoms with van der Waals surface area (Å²) in [5.41, 5.74) is 3.74. The summed E-state index contributed by atoms with van der Waals surface area (Å²) in [5, 5.41) is 7.94. The van der Waals surface area contributed by atoms with Crippen molar-refractivity contribution in [1.82, 2.24) is 4.90 Å². The second-order valence-corrected chi connectivity index (χ2v) is 8.20. The fraction of sp³-hybridized carbons (Fsp3) is 0.381. The van der Waals surface area contributed by atoms with E-state index in [0.29, 0.717) is 11.5 Å². The molecule has 134 valence electrons. The van der Waals surface area contributed by atoms with Gasteiger partial charge in [0.1, 0.15) is 5.58 Å². The van der Waals surface area contributed by atoms with Crippen LogP contribution in [0.25, 0.3) is 11.0 Å². The van der Waals surface area contributed by atoms with Gasteiger partial charge in [0.15, 0.2) is 0 Å². The van der Waals surface area contributed by atoms with Gasteiger partial charge < -0.3 is 14.6 Å². The summed E-state index contributed by atoms with van der Waals surface area (Å²) in [4.78, 5) is 15.0. The molecule has 1 amide bonds. The highest BCUT2D eigenvalue weighted by Crippen LogP contribution is 2.40. The molecule has 0 saturated carbocycles. The Morgan fingerprint density at radius 3 is 3.08 bits per heavy atom. The van der Waals surface area contributed by atoms with Crippen LogP contribution >= 0.6 is 11.3 Å². The van der Waals surface area contributed by atoms with Gasteiger partial charge in [-0.15, -0.1) is 0 Å². The number of hydrogen-bond donors (Lipinski definition) is 1. The Balaban J connectivity index is 1.41. The van der Waals surface area contributed by atoms with Gasteiger partial charge in [0, 0.05) is 28.1 Å². The number of furan rings is 1. The predicted octanol–water partition coefficient (Wildman–Crippen LogP) is 5.09. The largest absolute Gasteiger partial charge is 0.464 e. The molecule has 4 nitrogen and oxygen atoms in total. The van der Waals surface area contributed by atoms with Crippen LogP contribution in [0.2, 0.25) is 0 Å². The smallest absolute Gasteiger partial charge is 0.256 e. The van der Waals surface area contributed by atoms with Gasteiger partial charge in [-0.1, -0.05) is 0 Å². The maximum absolute atomic E-state index is 12.3. The van der Waals surface area contributed by atoms with Crippen molar-refractivity contribution >= 4 is 33.9 Å². The number of anilines is 1. The Hall–Kier alpha value is -2.11. The van der Waals surface area contributed by atoms with E-state index in [1.54, 1.807) is 0 Å². The standard InChI is InChI=1S/C21H22N2O2S/c24-21(15-6-9-26-13-15)22-16-3-4-20-18(11-16)19(12-25-20)14-5-8-23-7-1-2-17(23)10-14/h3-4,6,9,11-14,17H,1-2,5,7-8,10H2,(H,22,24). The Kier molecular flexibility index (Phi) is 4.06. The maximum atomic E-state index is 12.3. The maximum Gasteiger partial charge on any atom is 0.256 e. The summed E-state index contributed by atoms with van der Waals surface area (Å²) in [6.07, 6.45) is 7.01. The lowest BCUT2D eigenvalue weighted by atomic mass is 9.85. The Bertz CT molecular complexity index is 931. The zero-order valence-electron chi connectivity index (χ0n) is 14.6. The highest BCUT2D eigenvalue weighted by molar-refractivity contribution is 7.08. The van der Waals surface area contributed by atoms with Gasteiger partial charge in [0.05, 0.1) is 11.8 Å². The lowest BCUT2D eigenvalue weighted by Gasteiger charge is -2.34. The first-order chi connectivity index (χ1) is 12.8. The van der Waals surface area contributed by atoms with E-state index in [1.165, 1.54) is 55.7 Å². The van der Waals surface area contributed by atoms with E-state index in [2.05, 4.69) is 16.3 Å². The lowest BCUT2D eigenvalue weighted by molar-refractivity contribution is 0.102. The zero-order chi connectivity index (χ0) is 17.5. The molecule has 5 rings (SSSR count). The first-order valence-electron chi connectivity index (χ1n) is 9.37.